The molecule has 2 aromatic rings. The third-order valence-corrected chi connectivity index (χ3v) is 4.49. The summed E-state index contributed by atoms with van der Waals surface area (Å²) < 4.78 is 0.680. The number of benzene rings is 1. The van der Waals surface area contributed by atoms with E-state index in [1.165, 1.54) is 6.07 Å². The zero-order valence-corrected chi connectivity index (χ0v) is 13.4. The van der Waals surface area contributed by atoms with Crippen molar-refractivity contribution in [3.8, 4) is 0 Å². The molecule has 0 fully saturated rings. The van der Waals surface area contributed by atoms with Gasteiger partial charge >= 0.3 is 5.97 Å². The minimum absolute atomic E-state index is 0.233. The van der Waals surface area contributed by atoms with Gasteiger partial charge in [0.1, 0.15) is 4.88 Å². The fourth-order valence-corrected chi connectivity index (χ4v) is 2.80. The molecule has 0 unspecified atom stereocenters. The van der Waals surface area contributed by atoms with E-state index >= 15 is 0 Å². The van der Waals surface area contributed by atoms with E-state index < -0.39 is 5.97 Å². The van der Waals surface area contributed by atoms with Crippen molar-refractivity contribution in [2.45, 2.75) is 6.92 Å². The number of aromatic carboxylic acids is 1. The number of hydrogen-bond acceptors (Lipinski definition) is 4. The second-order valence-electron chi connectivity index (χ2n) is 4.09. The Morgan fingerprint density at radius 3 is 2.48 bits per heavy atom. The number of halogens is 1. The van der Waals surface area contributed by atoms with Gasteiger partial charge in [-0.3, -0.25) is 4.79 Å². The van der Waals surface area contributed by atoms with Gasteiger partial charge in [0.05, 0.1) is 16.2 Å². The topological polar surface area (TPSA) is 78.8 Å². The number of carbonyl (C=O) groups is 2. The maximum Gasteiger partial charge on any atom is 0.345 e. The van der Waals surface area contributed by atoms with Crippen LogP contribution in [0.1, 0.15) is 31.8 Å². The molecule has 1 aromatic carbocycles. The minimum atomic E-state index is -0.976. The maximum atomic E-state index is 12.0. The van der Waals surface area contributed by atoms with E-state index in [9.17, 15) is 9.59 Å². The van der Waals surface area contributed by atoms with Gasteiger partial charge in [0.2, 0.25) is 0 Å². The second kappa shape index (κ2) is 6.64. The number of carbonyl (C=O) groups excluding carboxylic acids is 1. The number of carboxylic acids is 1. The molecule has 0 saturated heterocycles. The van der Waals surface area contributed by atoms with Crippen LogP contribution in [0.3, 0.4) is 0 Å². The van der Waals surface area contributed by atoms with Crippen molar-refractivity contribution in [1.82, 2.24) is 5.43 Å². The Balaban J connectivity index is 2.11. The summed E-state index contributed by atoms with van der Waals surface area (Å²) in [6.45, 7) is 1.71. The smallest absolute Gasteiger partial charge is 0.345 e. The molecule has 0 saturated carbocycles. The van der Waals surface area contributed by atoms with Gasteiger partial charge in [-0.2, -0.15) is 5.10 Å². The first kappa shape index (κ1) is 15.4. The van der Waals surface area contributed by atoms with E-state index in [0.717, 1.165) is 11.3 Å². The van der Waals surface area contributed by atoms with Gasteiger partial charge in [-0.05, 0) is 47.1 Å². The molecular formula is C14H11BrN2O3S. The predicted octanol–water partition coefficient (Wildman–Crippen LogP) is 3.36. The standard InChI is InChI=1S/C14H11BrN2O3S/c1-8(11-6-7-12(21-11)14(19)20)16-17-13(18)9-4-2-3-5-10(9)15/h2-7H,1H3,(H,17,18)(H,19,20)/b16-8-. The van der Waals surface area contributed by atoms with Crippen LogP contribution in [0.2, 0.25) is 0 Å². The van der Waals surface area contributed by atoms with Crippen molar-refractivity contribution < 1.29 is 14.7 Å². The van der Waals surface area contributed by atoms with Crippen LogP contribution in [-0.2, 0) is 0 Å². The van der Waals surface area contributed by atoms with Gasteiger partial charge in [0, 0.05) is 4.47 Å². The molecule has 5 nitrogen and oxygen atoms in total. The van der Waals surface area contributed by atoms with Crippen LogP contribution >= 0.6 is 27.3 Å². The van der Waals surface area contributed by atoms with Gasteiger partial charge in [-0.15, -0.1) is 11.3 Å². The molecule has 0 atom stereocenters. The quantitative estimate of drug-likeness (QED) is 0.643. The van der Waals surface area contributed by atoms with Crippen molar-refractivity contribution in [2.24, 2.45) is 5.10 Å². The Morgan fingerprint density at radius 2 is 1.86 bits per heavy atom. The molecule has 2 rings (SSSR count). The van der Waals surface area contributed by atoms with Crippen molar-refractivity contribution in [3.63, 3.8) is 0 Å². The summed E-state index contributed by atoms with van der Waals surface area (Å²) >= 11 is 4.40. The first-order valence-electron chi connectivity index (χ1n) is 5.91. The normalized spacial score (nSPS) is 11.2. The van der Waals surface area contributed by atoms with Crippen LogP contribution in [0, 0.1) is 0 Å². The van der Waals surface area contributed by atoms with Gasteiger partial charge in [0.25, 0.3) is 5.91 Å². The minimum Gasteiger partial charge on any atom is -0.477 e. The Hall–Kier alpha value is -1.99. The summed E-state index contributed by atoms with van der Waals surface area (Å²) in [4.78, 5) is 23.7. The Bertz CT molecular complexity index is 725. The summed E-state index contributed by atoms with van der Waals surface area (Å²) in [5.74, 6) is -1.31. The number of amides is 1. The Kier molecular flexibility index (Phi) is 4.87. The molecule has 108 valence electrons. The fraction of sp³-hybridized carbons (Fsp3) is 0.0714. The third kappa shape index (κ3) is 3.77. The monoisotopic (exact) mass is 366 g/mol. The number of rotatable bonds is 4. The number of hydrazone groups is 1. The number of thiophene rings is 1. The average Bonchev–Trinajstić information content (AvgIpc) is 2.95. The summed E-state index contributed by atoms with van der Waals surface area (Å²) in [6, 6.07) is 10.2. The first-order valence-corrected chi connectivity index (χ1v) is 7.52. The van der Waals surface area contributed by atoms with Crippen LogP contribution in [0.5, 0.6) is 0 Å². The molecule has 0 aliphatic carbocycles. The van der Waals surface area contributed by atoms with E-state index in [1.807, 2.05) is 6.07 Å². The summed E-state index contributed by atoms with van der Waals surface area (Å²) in [5, 5.41) is 12.9. The fourth-order valence-electron chi connectivity index (χ4n) is 1.54. The molecule has 1 amide bonds. The lowest BCUT2D eigenvalue weighted by Gasteiger charge is -2.03. The molecular weight excluding hydrogens is 356 g/mol. The zero-order chi connectivity index (χ0) is 15.4. The molecule has 2 N–H and O–H groups in total. The van der Waals surface area contributed by atoms with E-state index in [2.05, 4.69) is 26.5 Å². The first-order chi connectivity index (χ1) is 9.99. The lowest BCUT2D eigenvalue weighted by atomic mass is 10.2. The van der Waals surface area contributed by atoms with Crippen molar-refractivity contribution >= 4 is 44.9 Å². The van der Waals surface area contributed by atoms with Crippen molar-refractivity contribution in [3.05, 3.63) is 56.2 Å². The Labute approximate surface area is 133 Å². The van der Waals surface area contributed by atoms with E-state index in [4.69, 9.17) is 5.11 Å². The molecule has 21 heavy (non-hydrogen) atoms. The molecule has 1 aromatic heterocycles. The number of hydrogen-bond donors (Lipinski definition) is 2. The maximum absolute atomic E-state index is 12.0. The van der Waals surface area contributed by atoms with E-state index in [1.54, 1.807) is 31.2 Å². The average molecular weight is 367 g/mol. The van der Waals surface area contributed by atoms with Crippen LogP contribution < -0.4 is 5.43 Å². The SMILES string of the molecule is C/C(=N/NC(=O)c1ccccc1Br)c1ccc(C(=O)O)s1. The number of nitrogens with zero attached hydrogens (tertiary/aromatic N) is 1. The highest BCUT2D eigenvalue weighted by atomic mass is 79.9. The van der Waals surface area contributed by atoms with Gasteiger partial charge in [0.15, 0.2) is 0 Å². The van der Waals surface area contributed by atoms with Crippen LogP contribution in [0.4, 0.5) is 0 Å². The number of nitrogens with one attached hydrogen (secondary N) is 1. The molecule has 0 bridgehead atoms. The zero-order valence-electron chi connectivity index (χ0n) is 11.0. The van der Waals surface area contributed by atoms with Crippen molar-refractivity contribution in [1.29, 1.82) is 0 Å². The van der Waals surface area contributed by atoms with Crippen LogP contribution in [0.25, 0.3) is 0 Å². The highest BCUT2D eigenvalue weighted by molar-refractivity contribution is 9.10. The molecule has 0 aliphatic heterocycles. The molecule has 0 aliphatic rings. The lowest BCUT2D eigenvalue weighted by molar-refractivity contribution is 0.0702. The lowest BCUT2D eigenvalue weighted by Crippen LogP contribution is -2.19. The third-order valence-electron chi connectivity index (χ3n) is 2.62. The molecule has 0 spiro atoms. The predicted molar refractivity (Wildman–Crippen MR) is 85.1 cm³/mol. The highest BCUT2D eigenvalue weighted by Crippen LogP contribution is 2.18. The van der Waals surface area contributed by atoms with E-state index in [-0.39, 0.29) is 10.8 Å². The highest BCUT2D eigenvalue weighted by Gasteiger charge is 2.11. The van der Waals surface area contributed by atoms with Crippen LogP contribution in [-0.4, -0.2) is 22.7 Å². The van der Waals surface area contributed by atoms with Crippen molar-refractivity contribution in [2.75, 3.05) is 0 Å². The second-order valence-corrected chi connectivity index (χ2v) is 6.03. The molecule has 0 radical (unpaired) electrons. The van der Waals surface area contributed by atoms with Gasteiger partial charge in [-0.25, -0.2) is 10.2 Å². The van der Waals surface area contributed by atoms with Crippen LogP contribution in [0.15, 0.2) is 46.0 Å². The Morgan fingerprint density at radius 1 is 1.19 bits per heavy atom. The number of carboxylic acid groups (broad SMARTS) is 1. The molecule has 1 heterocycles. The van der Waals surface area contributed by atoms with Gasteiger partial charge in [-0.1, -0.05) is 12.1 Å². The summed E-state index contributed by atoms with van der Waals surface area (Å²) in [7, 11) is 0. The van der Waals surface area contributed by atoms with Gasteiger partial charge < -0.3 is 5.11 Å². The molecule has 7 heteroatoms. The largest absolute Gasteiger partial charge is 0.477 e. The summed E-state index contributed by atoms with van der Waals surface area (Å²) in [5.41, 5.74) is 3.48. The summed E-state index contributed by atoms with van der Waals surface area (Å²) in [6.07, 6.45) is 0. The van der Waals surface area contributed by atoms with E-state index in [0.29, 0.717) is 20.6 Å².